The van der Waals surface area contributed by atoms with Crippen molar-refractivity contribution in [3.63, 3.8) is 0 Å². The second-order valence-corrected chi connectivity index (χ2v) is 4.46. The summed E-state index contributed by atoms with van der Waals surface area (Å²) in [5, 5.41) is 3.49. The fraction of sp³-hybridized carbons (Fsp3) is 0.538. The van der Waals surface area contributed by atoms with Gasteiger partial charge in [-0.05, 0) is 44.7 Å². The van der Waals surface area contributed by atoms with Crippen LogP contribution in [-0.4, -0.2) is 12.6 Å². The van der Waals surface area contributed by atoms with E-state index >= 15 is 0 Å². The van der Waals surface area contributed by atoms with Gasteiger partial charge in [0.1, 0.15) is 5.75 Å². The van der Waals surface area contributed by atoms with Crippen molar-refractivity contribution in [1.29, 1.82) is 0 Å². The van der Waals surface area contributed by atoms with Crippen molar-refractivity contribution in [1.82, 2.24) is 0 Å². The van der Waals surface area contributed by atoms with Crippen LogP contribution in [0.4, 0.5) is 11.4 Å². The molecule has 0 heterocycles. The molecule has 16 heavy (non-hydrogen) atoms. The standard InChI is InChI=1S/C13H20N2O/c1-3-16-13-8-11(6-7-12(13)14)15-9(2)10-4-5-10/h6-10,15H,3-5,14H2,1-2H3. The molecule has 1 aliphatic rings. The van der Waals surface area contributed by atoms with E-state index in [0.717, 1.165) is 17.4 Å². The monoisotopic (exact) mass is 220 g/mol. The topological polar surface area (TPSA) is 47.3 Å². The normalized spacial score (nSPS) is 16.9. The molecule has 1 fully saturated rings. The number of hydrogen-bond acceptors (Lipinski definition) is 3. The highest BCUT2D eigenvalue weighted by Gasteiger charge is 2.27. The third kappa shape index (κ3) is 2.60. The van der Waals surface area contributed by atoms with Crippen molar-refractivity contribution in [2.24, 2.45) is 5.92 Å². The molecule has 0 spiro atoms. The molecule has 0 amide bonds. The van der Waals surface area contributed by atoms with Gasteiger partial charge in [-0.2, -0.15) is 0 Å². The summed E-state index contributed by atoms with van der Waals surface area (Å²) in [4.78, 5) is 0. The molecule has 0 saturated heterocycles. The first-order valence-electron chi connectivity index (χ1n) is 5.99. The van der Waals surface area contributed by atoms with E-state index in [4.69, 9.17) is 10.5 Å². The predicted molar refractivity (Wildman–Crippen MR) is 67.8 cm³/mol. The Balaban J connectivity index is 2.05. The van der Waals surface area contributed by atoms with Gasteiger partial charge in [-0.25, -0.2) is 0 Å². The molecule has 1 unspecified atom stereocenters. The number of nitrogen functional groups attached to an aromatic ring is 1. The van der Waals surface area contributed by atoms with E-state index in [-0.39, 0.29) is 0 Å². The van der Waals surface area contributed by atoms with Crippen molar-refractivity contribution in [3.8, 4) is 5.75 Å². The van der Waals surface area contributed by atoms with Crippen molar-refractivity contribution in [3.05, 3.63) is 18.2 Å². The zero-order valence-electron chi connectivity index (χ0n) is 9.99. The average Bonchev–Trinajstić information content (AvgIpc) is 3.07. The highest BCUT2D eigenvalue weighted by atomic mass is 16.5. The second kappa shape index (κ2) is 4.64. The van der Waals surface area contributed by atoms with Gasteiger partial charge in [0, 0.05) is 17.8 Å². The molecule has 0 radical (unpaired) electrons. The maximum atomic E-state index is 5.83. The molecule has 0 aliphatic heterocycles. The number of benzene rings is 1. The summed E-state index contributed by atoms with van der Waals surface area (Å²) in [6.07, 6.45) is 2.70. The smallest absolute Gasteiger partial charge is 0.144 e. The van der Waals surface area contributed by atoms with Crippen molar-refractivity contribution >= 4 is 11.4 Å². The van der Waals surface area contributed by atoms with Crippen molar-refractivity contribution in [2.45, 2.75) is 32.7 Å². The Morgan fingerprint density at radius 2 is 2.25 bits per heavy atom. The second-order valence-electron chi connectivity index (χ2n) is 4.46. The SMILES string of the molecule is CCOc1cc(NC(C)C2CC2)ccc1N. The van der Waals surface area contributed by atoms with Gasteiger partial charge in [-0.15, -0.1) is 0 Å². The van der Waals surface area contributed by atoms with Gasteiger partial charge in [0.05, 0.1) is 12.3 Å². The van der Waals surface area contributed by atoms with Gasteiger partial charge in [0.15, 0.2) is 0 Å². The highest BCUT2D eigenvalue weighted by Crippen LogP contribution is 2.34. The first-order chi connectivity index (χ1) is 7.70. The van der Waals surface area contributed by atoms with Crippen LogP contribution in [0.15, 0.2) is 18.2 Å². The van der Waals surface area contributed by atoms with Crippen LogP contribution < -0.4 is 15.8 Å². The summed E-state index contributed by atoms with van der Waals surface area (Å²) in [6.45, 7) is 4.84. The number of ether oxygens (including phenoxy) is 1. The number of rotatable bonds is 5. The van der Waals surface area contributed by atoms with Crippen LogP contribution in [0.25, 0.3) is 0 Å². The molecule has 1 aromatic rings. The number of nitrogens with one attached hydrogen (secondary N) is 1. The van der Waals surface area contributed by atoms with Crippen molar-refractivity contribution < 1.29 is 4.74 Å². The molecular weight excluding hydrogens is 200 g/mol. The van der Waals surface area contributed by atoms with Crippen LogP contribution in [-0.2, 0) is 0 Å². The maximum absolute atomic E-state index is 5.83. The van der Waals surface area contributed by atoms with E-state index < -0.39 is 0 Å². The molecule has 1 saturated carbocycles. The van der Waals surface area contributed by atoms with Gasteiger partial charge < -0.3 is 15.8 Å². The number of nitrogens with two attached hydrogens (primary N) is 1. The molecule has 2 rings (SSSR count). The summed E-state index contributed by atoms with van der Waals surface area (Å²) in [5.41, 5.74) is 7.62. The summed E-state index contributed by atoms with van der Waals surface area (Å²) >= 11 is 0. The van der Waals surface area contributed by atoms with E-state index in [1.54, 1.807) is 0 Å². The molecule has 88 valence electrons. The lowest BCUT2D eigenvalue weighted by molar-refractivity contribution is 0.342. The number of hydrogen-bond donors (Lipinski definition) is 2. The molecule has 1 aromatic carbocycles. The van der Waals surface area contributed by atoms with Crippen LogP contribution >= 0.6 is 0 Å². The minimum absolute atomic E-state index is 0.540. The highest BCUT2D eigenvalue weighted by molar-refractivity contribution is 5.61. The third-order valence-electron chi connectivity index (χ3n) is 3.04. The van der Waals surface area contributed by atoms with Crippen molar-refractivity contribution in [2.75, 3.05) is 17.7 Å². The molecule has 1 atom stereocenters. The zero-order valence-corrected chi connectivity index (χ0v) is 9.99. The zero-order chi connectivity index (χ0) is 11.5. The minimum Gasteiger partial charge on any atom is -0.492 e. The average molecular weight is 220 g/mol. The van der Waals surface area contributed by atoms with Gasteiger partial charge in [-0.3, -0.25) is 0 Å². The van der Waals surface area contributed by atoms with E-state index in [9.17, 15) is 0 Å². The number of anilines is 2. The molecule has 0 aromatic heterocycles. The van der Waals surface area contributed by atoms with Gasteiger partial charge in [0.2, 0.25) is 0 Å². The lowest BCUT2D eigenvalue weighted by Crippen LogP contribution is -2.17. The van der Waals surface area contributed by atoms with E-state index in [2.05, 4.69) is 12.2 Å². The summed E-state index contributed by atoms with van der Waals surface area (Å²) in [5.74, 6) is 1.61. The molecule has 3 nitrogen and oxygen atoms in total. The summed E-state index contributed by atoms with van der Waals surface area (Å²) < 4.78 is 5.47. The Bertz CT molecular complexity index is 361. The van der Waals surface area contributed by atoms with Gasteiger partial charge in [0.25, 0.3) is 0 Å². The van der Waals surface area contributed by atoms with E-state index in [1.807, 2.05) is 25.1 Å². The fourth-order valence-corrected chi connectivity index (χ4v) is 1.88. The molecule has 1 aliphatic carbocycles. The van der Waals surface area contributed by atoms with Crippen LogP contribution in [0.3, 0.4) is 0 Å². The van der Waals surface area contributed by atoms with E-state index in [0.29, 0.717) is 18.3 Å². The lowest BCUT2D eigenvalue weighted by atomic mass is 10.2. The van der Waals surface area contributed by atoms with Crippen LogP contribution in [0.5, 0.6) is 5.75 Å². The Labute approximate surface area is 97.0 Å². The molecule has 3 heteroatoms. The Hall–Kier alpha value is -1.38. The molecular formula is C13H20N2O. The first kappa shape index (κ1) is 11.1. The van der Waals surface area contributed by atoms with E-state index in [1.165, 1.54) is 12.8 Å². The predicted octanol–water partition coefficient (Wildman–Crippen LogP) is 2.88. The Morgan fingerprint density at radius 3 is 2.88 bits per heavy atom. The van der Waals surface area contributed by atoms with Gasteiger partial charge >= 0.3 is 0 Å². The maximum Gasteiger partial charge on any atom is 0.144 e. The molecule has 3 N–H and O–H groups in total. The summed E-state index contributed by atoms with van der Waals surface area (Å²) in [7, 11) is 0. The largest absolute Gasteiger partial charge is 0.492 e. The Kier molecular flexibility index (Phi) is 3.22. The van der Waals surface area contributed by atoms with Crippen LogP contribution in [0.2, 0.25) is 0 Å². The molecule has 0 bridgehead atoms. The lowest BCUT2D eigenvalue weighted by Gasteiger charge is -2.16. The third-order valence-corrected chi connectivity index (χ3v) is 3.04. The van der Waals surface area contributed by atoms with Crippen LogP contribution in [0.1, 0.15) is 26.7 Å². The van der Waals surface area contributed by atoms with Gasteiger partial charge in [-0.1, -0.05) is 0 Å². The minimum atomic E-state index is 0.540. The fourth-order valence-electron chi connectivity index (χ4n) is 1.88. The Morgan fingerprint density at radius 1 is 1.50 bits per heavy atom. The first-order valence-corrected chi connectivity index (χ1v) is 5.99. The summed E-state index contributed by atoms with van der Waals surface area (Å²) in [6, 6.07) is 6.43. The quantitative estimate of drug-likeness (QED) is 0.750. The van der Waals surface area contributed by atoms with Crippen LogP contribution in [0, 0.1) is 5.92 Å².